The number of hydrogen-bond donors (Lipinski definition) is 2. The molecule has 0 amide bonds. The molecule has 0 radical (unpaired) electrons. The number of hydrogen-bond acceptors (Lipinski definition) is 3. The van der Waals surface area contributed by atoms with E-state index in [9.17, 15) is 5.11 Å². The Balaban J connectivity index is 1.92. The average Bonchev–Trinajstić information content (AvgIpc) is 2.93. The predicted molar refractivity (Wildman–Crippen MR) is 84.0 cm³/mol. The monoisotopic (exact) mass is 335 g/mol. The Hall–Kier alpha value is -1.43. The van der Waals surface area contributed by atoms with Crippen molar-refractivity contribution in [1.82, 2.24) is 15.1 Å². The van der Waals surface area contributed by atoms with Gasteiger partial charge in [0.25, 0.3) is 0 Å². The third kappa shape index (κ3) is 3.79. The summed E-state index contributed by atoms with van der Waals surface area (Å²) in [5.41, 5.74) is 1.95. The highest BCUT2D eigenvalue weighted by molar-refractivity contribution is 9.10. The molecule has 106 valence electrons. The maximum atomic E-state index is 10.3. The molecule has 0 saturated carbocycles. The van der Waals surface area contributed by atoms with Gasteiger partial charge < -0.3 is 10.4 Å². The molecule has 2 N–H and O–H groups in total. The van der Waals surface area contributed by atoms with Crippen LogP contribution in [0.4, 0.5) is 0 Å². The predicted octanol–water partition coefficient (Wildman–Crippen LogP) is 2.96. The Kier molecular flexibility index (Phi) is 5.11. The van der Waals surface area contributed by atoms with Crippen LogP contribution in [-0.2, 0) is 6.54 Å². The van der Waals surface area contributed by atoms with Crippen molar-refractivity contribution in [2.24, 2.45) is 0 Å². The highest BCUT2D eigenvalue weighted by Gasteiger charge is 2.15. The number of benzene rings is 1. The Bertz CT molecular complexity index is 565. The summed E-state index contributed by atoms with van der Waals surface area (Å²) in [6, 6.07) is 7.65. The highest BCUT2D eigenvalue weighted by Crippen LogP contribution is 2.19. The topological polar surface area (TPSA) is 50.1 Å². The van der Waals surface area contributed by atoms with Crippen molar-refractivity contribution in [3.8, 4) is 0 Å². The maximum absolute atomic E-state index is 10.3. The Morgan fingerprint density at radius 3 is 2.75 bits per heavy atom. The Labute approximate surface area is 127 Å². The summed E-state index contributed by atoms with van der Waals surface area (Å²) in [6.45, 7) is 6.27. The summed E-state index contributed by atoms with van der Waals surface area (Å²) in [5, 5.41) is 17.7. The van der Waals surface area contributed by atoms with Crippen LogP contribution in [0, 0.1) is 0 Å². The van der Waals surface area contributed by atoms with Crippen molar-refractivity contribution >= 4 is 22.1 Å². The molecule has 4 nitrogen and oxygen atoms in total. The summed E-state index contributed by atoms with van der Waals surface area (Å²) in [6.07, 6.45) is 4.79. The van der Waals surface area contributed by atoms with Crippen LogP contribution >= 0.6 is 15.9 Å². The van der Waals surface area contributed by atoms with E-state index in [1.807, 2.05) is 37.4 Å². The van der Waals surface area contributed by atoms with E-state index in [1.165, 1.54) is 0 Å². The van der Waals surface area contributed by atoms with Crippen LogP contribution in [0.2, 0.25) is 0 Å². The van der Waals surface area contributed by atoms with Crippen molar-refractivity contribution in [2.75, 3.05) is 0 Å². The quantitative estimate of drug-likeness (QED) is 0.853. The normalized spacial score (nSPS) is 13.9. The fraction of sp³-hybridized carbons (Fsp3) is 0.267. The van der Waals surface area contributed by atoms with Crippen LogP contribution in [0.15, 0.2) is 47.7 Å². The number of aromatic nitrogens is 2. The molecule has 0 aliphatic rings. The van der Waals surface area contributed by atoms with Gasteiger partial charge in [-0.05, 0) is 24.6 Å². The van der Waals surface area contributed by atoms with Crippen LogP contribution in [-0.4, -0.2) is 20.9 Å². The van der Waals surface area contributed by atoms with Gasteiger partial charge in [0, 0.05) is 35.0 Å². The molecular formula is C15H18BrN3O. The minimum Gasteiger partial charge on any atom is -0.387 e. The molecule has 1 heterocycles. The first-order valence-corrected chi connectivity index (χ1v) is 7.22. The second kappa shape index (κ2) is 6.83. The first-order valence-electron chi connectivity index (χ1n) is 6.42. The molecule has 0 unspecified atom stereocenters. The zero-order valence-corrected chi connectivity index (χ0v) is 12.9. The minimum atomic E-state index is -0.544. The molecule has 2 aromatic rings. The number of halogens is 1. The fourth-order valence-electron chi connectivity index (χ4n) is 1.91. The molecule has 1 aromatic heterocycles. The van der Waals surface area contributed by atoms with Gasteiger partial charge in [-0.15, -0.1) is 0 Å². The number of nitrogens with zero attached hydrogens (tertiary/aromatic N) is 2. The zero-order chi connectivity index (χ0) is 14.5. The van der Waals surface area contributed by atoms with Crippen molar-refractivity contribution in [3.63, 3.8) is 0 Å². The van der Waals surface area contributed by atoms with Crippen molar-refractivity contribution in [3.05, 3.63) is 58.8 Å². The molecule has 1 aromatic carbocycles. The van der Waals surface area contributed by atoms with Gasteiger partial charge in [0.1, 0.15) is 0 Å². The third-order valence-corrected chi connectivity index (χ3v) is 3.68. The highest BCUT2D eigenvalue weighted by atomic mass is 79.9. The van der Waals surface area contributed by atoms with Crippen LogP contribution < -0.4 is 5.32 Å². The number of aliphatic hydroxyl groups excluding tert-OH is 1. The summed E-state index contributed by atoms with van der Waals surface area (Å²) in [4.78, 5) is 0. The summed E-state index contributed by atoms with van der Waals surface area (Å²) < 4.78 is 2.67. The third-order valence-electron chi connectivity index (χ3n) is 3.16. The van der Waals surface area contributed by atoms with Gasteiger partial charge in [-0.1, -0.05) is 34.6 Å². The lowest BCUT2D eigenvalue weighted by molar-refractivity contribution is 0.135. The lowest BCUT2D eigenvalue weighted by atomic mass is 10.0. The smallest absolute Gasteiger partial charge is 0.0940 e. The van der Waals surface area contributed by atoms with Crippen molar-refractivity contribution < 1.29 is 5.11 Å². The lowest BCUT2D eigenvalue weighted by Gasteiger charge is -2.20. The molecule has 0 saturated heterocycles. The van der Waals surface area contributed by atoms with E-state index in [-0.39, 0.29) is 6.04 Å². The molecule has 0 bridgehead atoms. The minimum absolute atomic E-state index is 0.0525. The SMILES string of the molecule is C=Cn1cc(CN[C@H](C)[C@@H](O)c2ccc(Br)cc2)cn1. The number of aliphatic hydroxyl groups is 1. The van der Waals surface area contributed by atoms with Gasteiger partial charge in [0.05, 0.1) is 12.3 Å². The van der Waals surface area contributed by atoms with E-state index in [0.29, 0.717) is 6.54 Å². The standard InChI is InChI=1S/C15H18BrN3O/c1-3-19-10-12(9-18-19)8-17-11(2)15(20)13-4-6-14(16)7-5-13/h3-7,9-11,15,17,20H,1,8H2,2H3/t11-,15-/m1/s1. The Morgan fingerprint density at radius 2 is 2.15 bits per heavy atom. The maximum Gasteiger partial charge on any atom is 0.0940 e. The summed E-state index contributed by atoms with van der Waals surface area (Å²) in [7, 11) is 0. The molecular weight excluding hydrogens is 318 g/mol. The van der Waals surface area contributed by atoms with E-state index < -0.39 is 6.10 Å². The van der Waals surface area contributed by atoms with E-state index in [1.54, 1.807) is 17.1 Å². The first-order chi connectivity index (χ1) is 9.60. The molecule has 2 atom stereocenters. The molecule has 0 aliphatic carbocycles. The second-order valence-corrected chi connectivity index (χ2v) is 5.59. The molecule has 0 fully saturated rings. The van der Waals surface area contributed by atoms with Gasteiger partial charge in [-0.25, -0.2) is 4.68 Å². The molecule has 20 heavy (non-hydrogen) atoms. The molecule has 0 spiro atoms. The van der Waals surface area contributed by atoms with Gasteiger partial charge >= 0.3 is 0 Å². The van der Waals surface area contributed by atoms with Gasteiger partial charge in [-0.3, -0.25) is 0 Å². The van der Waals surface area contributed by atoms with Crippen LogP contribution in [0.3, 0.4) is 0 Å². The van der Waals surface area contributed by atoms with Gasteiger partial charge in [0.2, 0.25) is 0 Å². The largest absolute Gasteiger partial charge is 0.387 e. The van der Waals surface area contributed by atoms with E-state index in [0.717, 1.165) is 15.6 Å². The number of nitrogens with one attached hydrogen (secondary N) is 1. The van der Waals surface area contributed by atoms with E-state index in [2.05, 4.69) is 32.9 Å². The van der Waals surface area contributed by atoms with Crippen LogP contribution in [0.25, 0.3) is 6.20 Å². The van der Waals surface area contributed by atoms with E-state index >= 15 is 0 Å². The van der Waals surface area contributed by atoms with Crippen molar-refractivity contribution in [2.45, 2.75) is 25.6 Å². The first kappa shape index (κ1) is 15.0. The van der Waals surface area contributed by atoms with Gasteiger partial charge in [0.15, 0.2) is 0 Å². The fourth-order valence-corrected chi connectivity index (χ4v) is 2.17. The van der Waals surface area contributed by atoms with Gasteiger partial charge in [-0.2, -0.15) is 5.10 Å². The molecule has 5 heteroatoms. The summed E-state index contributed by atoms with van der Waals surface area (Å²) in [5.74, 6) is 0. The van der Waals surface area contributed by atoms with E-state index in [4.69, 9.17) is 0 Å². The second-order valence-electron chi connectivity index (χ2n) is 4.68. The van der Waals surface area contributed by atoms with Crippen LogP contribution in [0.5, 0.6) is 0 Å². The van der Waals surface area contributed by atoms with Crippen LogP contribution in [0.1, 0.15) is 24.2 Å². The lowest BCUT2D eigenvalue weighted by Crippen LogP contribution is -2.31. The van der Waals surface area contributed by atoms with Crippen molar-refractivity contribution in [1.29, 1.82) is 0 Å². The zero-order valence-electron chi connectivity index (χ0n) is 11.3. The average molecular weight is 336 g/mol. The summed E-state index contributed by atoms with van der Waals surface area (Å²) >= 11 is 3.39. The Morgan fingerprint density at radius 1 is 1.45 bits per heavy atom. The number of rotatable bonds is 6. The molecule has 2 rings (SSSR count). The molecule has 0 aliphatic heterocycles.